The van der Waals surface area contributed by atoms with E-state index in [0.717, 1.165) is 5.52 Å². The molecule has 2 heterocycles. The number of hydrogen-bond donors (Lipinski definition) is 0. The number of pyridine rings is 1. The second-order valence-corrected chi connectivity index (χ2v) is 5.96. The Morgan fingerprint density at radius 3 is 2.36 bits per heavy atom. The van der Waals surface area contributed by atoms with Crippen LogP contribution in [0.4, 0.5) is 0 Å². The van der Waals surface area contributed by atoms with Gasteiger partial charge in [-0.15, -0.1) is 0 Å². The lowest BCUT2D eigenvalue weighted by Crippen LogP contribution is -2.29. The Morgan fingerprint density at radius 2 is 1.64 bits per heavy atom. The van der Waals surface area contributed by atoms with Gasteiger partial charge in [0.2, 0.25) is 5.43 Å². The van der Waals surface area contributed by atoms with Gasteiger partial charge in [-0.1, -0.05) is 37.3 Å². The van der Waals surface area contributed by atoms with Crippen LogP contribution in [0.1, 0.15) is 12.7 Å². The molecule has 4 aromatic rings. The van der Waals surface area contributed by atoms with Crippen LogP contribution < -0.4 is 11.0 Å². The highest BCUT2D eigenvalue weighted by atomic mass is 16.1. The van der Waals surface area contributed by atoms with E-state index in [4.69, 9.17) is 0 Å². The number of para-hydroxylation sites is 2. The number of aryl methyl sites for hydroxylation is 2. The van der Waals surface area contributed by atoms with Crippen molar-refractivity contribution >= 4 is 21.9 Å². The second-order valence-electron chi connectivity index (χ2n) is 5.96. The number of hydrogen-bond acceptors (Lipinski definition) is 3. The molecule has 0 bridgehead atoms. The third-order valence-electron chi connectivity index (χ3n) is 4.52. The van der Waals surface area contributed by atoms with E-state index >= 15 is 0 Å². The van der Waals surface area contributed by atoms with Gasteiger partial charge in [0, 0.05) is 18.9 Å². The number of nitrogens with zero attached hydrogens (tertiary/aromatic N) is 3. The molecular formula is C20H17N3O2. The van der Waals surface area contributed by atoms with Crippen LogP contribution >= 0.6 is 0 Å². The summed E-state index contributed by atoms with van der Waals surface area (Å²) in [4.78, 5) is 30.9. The topological polar surface area (TPSA) is 56.9 Å². The van der Waals surface area contributed by atoms with Crippen molar-refractivity contribution in [2.45, 2.75) is 13.3 Å². The number of fused-ring (bicyclic) bond motifs is 2. The normalized spacial score (nSPS) is 11.3. The Morgan fingerprint density at radius 1 is 0.960 bits per heavy atom. The highest BCUT2D eigenvalue weighted by Gasteiger charge is 2.18. The van der Waals surface area contributed by atoms with Crippen molar-refractivity contribution in [1.82, 2.24) is 14.1 Å². The summed E-state index contributed by atoms with van der Waals surface area (Å²) in [6.07, 6.45) is 0.584. The van der Waals surface area contributed by atoms with Gasteiger partial charge >= 0.3 is 0 Å². The maximum absolute atomic E-state index is 13.2. The van der Waals surface area contributed by atoms with Crippen molar-refractivity contribution in [2.24, 2.45) is 7.05 Å². The molecule has 0 aliphatic heterocycles. The molecular weight excluding hydrogens is 314 g/mol. The van der Waals surface area contributed by atoms with E-state index in [-0.39, 0.29) is 16.4 Å². The van der Waals surface area contributed by atoms with Gasteiger partial charge in [-0.05, 0) is 24.3 Å². The zero-order chi connectivity index (χ0) is 17.6. The summed E-state index contributed by atoms with van der Waals surface area (Å²) in [5, 5.41) is 0.655. The van der Waals surface area contributed by atoms with Crippen LogP contribution in [0, 0.1) is 0 Å². The van der Waals surface area contributed by atoms with E-state index in [9.17, 15) is 9.59 Å². The molecule has 0 aliphatic rings. The fourth-order valence-corrected chi connectivity index (χ4v) is 3.28. The molecule has 0 amide bonds. The van der Waals surface area contributed by atoms with Crippen LogP contribution in [0.25, 0.3) is 27.6 Å². The predicted molar refractivity (Wildman–Crippen MR) is 99.5 cm³/mol. The molecule has 0 unspecified atom stereocenters. The minimum absolute atomic E-state index is 0.127. The predicted octanol–water partition coefficient (Wildman–Crippen LogP) is 2.80. The van der Waals surface area contributed by atoms with E-state index in [2.05, 4.69) is 4.98 Å². The third kappa shape index (κ3) is 2.20. The molecule has 0 N–H and O–H groups in total. The minimum atomic E-state index is -0.320. The molecule has 2 aromatic heterocycles. The first-order valence-electron chi connectivity index (χ1n) is 8.22. The number of benzene rings is 2. The van der Waals surface area contributed by atoms with E-state index in [1.54, 1.807) is 16.7 Å². The maximum Gasteiger partial charge on any atom is 0.271 e. The van der Waals surface area contributed by atoms with E-state index < -0.39 is 0 Å². The van der Waals surface area contributed by atoms with E-state index in [1.165, 1.54) is 0 Å². The molecule has 0 spiro atoms. The summed E-state index contributed by atoms with van der Waals surface area (Å²) in [6, 6.07) is 16.6. The molecule has 2 aromatic carbocycles. The van der Waals surface area contributed by atoms with E-state index in [0.29, 0.717) is 29.0 Å². The van der Waals surface area contributed by atoms with Crippen molar-refractivity contribution in [3.8, 4) is 5.69 Å². The highest BCUT2D eigenvalue weighted by Crippen LogP contribution is 2.16. The van der Waals surface area contributed by atoms with Crippen molar-refractivity contribution in [1.29, 1.82) is 0 Å². The molecule has 5 heteroatoms. The lowest BCUT2D eigenvalue weighted by atomic mass is 10.1. The smallest absolute Gasteiger partial charge is 0.271 e. The Hall–Kier alpha value is -3.21. The standard InChI is InChI=1S/C20H17N3O2/c1-3-16-21-19-17(20(25)23(16)13-9-5-4-6-10-13)18(24)14-11-7-8-12-15(14)22(19)2/h4-12H,3H2,1-2H3. The molecule has 124 valence electrons. The van der Waals surface area contributed by atoms with Gasteiger partial charge in [-0.25, -0.2) is 4.98 Å². The first-order chi connectivity index (χ1) is 12.1. The van der Waals surface area contributed by atoms with Gasteiger partial charge in [0.25, 0.3) is 5.56 Å². The molecule has 0 fully saturated rings. The molecule has 0 atom stereocenters. The summed E-state index contributed by atoms with van der Waals surface area (Å²) in [5.41, 5.74) is 1.33. The molecule has 0 saturated heterocycles. The van der Waals surface area contributed by atoms with Crippen molar-refractivity contribution in [3.05, 3.63) is 81.0 Å². The first kappa shape index (κ1) is 15.3. The van der Waals surface area contributed by atoms with Crippen LogP contribution in [-0.2, 0) is 13.5 Å². The van der Waals surface area contributed by atoms with Crippen LogP contribution in [0.15, 0.2) is 64.2 Å². The number of rotatable bonds is 2. The Labute approximate surface area is 143 Å². The minimum Gasteiger partial charge on any atom is -0.328 e. The Balaban J connectivity index is 2.26. The van der Waals surface area contributed by atoms with Gasteiger partial charge in [0.15, 0.2) is 5.65 Å². The molecule has 0 saturated carbocycles. The summed E-state index contributed by atoms with van der Waals surface area (Å²) < 4.78 is 3.36. The van der Waals surface area contributed by atoms with Crippen molar-refractivity contribution in [2.75, 3.05) is 0 Å². The molecule has 0 radical (unpaired) electrons. The van der Waals surface area contributed by atoms with E-state index in [1.807, 2.05) is 61.0 Å². The first-order valence-corrected chi connectivity index (χ1v) is 8.22. The average molecular weight is 331 g/mol. The third-order valence-corrected chi connectivity index (χ3v) is 4.52. The molecule has 0 aliphatic carbocycles. The van der Waals surface area contributed by atoms with Gasteiger partial charge in [-0.2, -0.15) is 0 Å². The second kappa shape index (κ2) is 5.70. The number of aromatic nitrogens is 3. The van der Waals surface area contributed by atoms with Gasteiger partial charge in [0.1, 0.15) is 11.2 Å². The van der Waals surface area contributed by atoms with Crippen molar-refractivity contribution < 1.29 is 0 Å². The molecule has 25 heavy (non-hydrogen) atoms. The van der Waals surface area contributed by atoms with Gasteiger partial charge in [-0.3, -0.25) is 14.2 Å². The summed E-state index contributed by atoms with van der Waals surface area (Å²) in [6.45, 7) is 1.95. The maximum atomic E-state index is 13.2. The monoisotopic (exact) mass is 331 g/mol. The Kier molecular flexibility index (Phi) is 3.50. The van der Waals surface area contributed by atoms with Crippen LogP contribution in [-0.4, -0.2) is 14.1 Å². The zero-order valence-corrected chi connectivity index (χ0v) is 14.1. The highest BCUT2D eigenvalue weighted by molar-refractivity contribution is 5.91. The summed E-state index contributed by atoms with van der Waals surface area (Å²) >= 11 is 0. The zero-order valence-electron chi connectivity index (χ0n) is 14.1. The van der Waals surface area contributed by atoms with Crippen LogP contribution in [0.2, 0.25) is 0 Å². The van der Waals surface area contributed by atoms with Crippen LogP contribution in [0.3, 0.4) is 0 Å². The SMILES string of the molecule is CCc1nc2c(c(=O)c3ccccc3n2C)c(=O)n1-c1ccccc1. The lowest BCUT2D eigenvalue weighted by molar-refractivity contribution is 0.816. The van der Waals surface area contributed by atoms with Crippen LogP contribution in [0.5, 0.6) is 0 Å². The quantitative estimate of drug-likeness (QED) is 0.531. The summed E-state index contributed by atoms with van der Waals surface area (Å²) in [5.74, 6) is 0.633. The Bertz CT molecular complexity index is 1220. The van der Waals surface area contributed by atoms with Gasteiger partial charge in [0.05, 0.1) is 11.2 Å². The molecule has 4 rings (SSSR count). The van der Waals surface area contributed by atoms with Gasteiger partial charge < -0.3 is 4.57 Å². The largest absolute Gasteiger partial charge is 0.328 e. The fraction of sp³-hybridized carbons (Fsp3) is 0.150. The summed E-state index contributed by atoms with van der Waals surface area (Å²) in [7, 11) is 1.84. The van der Waals surface area contributed by atoms with Crippen molar-refractivity contribution in [3.63, 3.8) is 0 Å². The molecule has 5 nitrogen and oxygen atoms in total. The average Bonchev–Trinajstić information content (AvgIpc) is 2.66. The lowest BCUT2D eigenvalue weighted by Gasteiger charge is -2.15. The fourth-order valence-electron chi connectivity index (χ4n) is 3.28.